The van der Waals surface area contributed by atoms with Gasteiger partial charge in [-0.05, 0) is 30.7 Å². The molecule has 0 atom stereocenters. The van der Waals surface area contributed by atoms with Crippen molar-refractivity contribution in [3.05, 3.63) is 29.3 Å². The van der Waals surface area contributed by atoms with Crippen LogP contribution in [0.2, 0.25) is 0 Å². The molecule has 0 fully saturated rings. The normalized spacial score (nSPS) is 10.0. The Morgan fingerprint density at radius 2 is 2.06 bits per heavy atom. The second-order valence-corrected chi connectivity index (χ2v) is 4.02. The zero-order chi connectivity index (χ0) is 12.8. The third kappa shape index (κ3) is 4.19. The molecular formula is C12H13BrO4. The molecule has 0 heterocycles. The molecule has 0 radical (unpaired) electrons. The van der Waals surface area contributed by atoms with Crippen molar-refractivity contribution in [3.8, 4) is 5.75 Å². The van der Waals surface area contributed by atoms with E-state index in [1.165, 1.54) is 12.1 Å². The summed E-state index contributed by atoms with van der Waals surface area (Å²) in [4.78, 5) is 22.7. The lowest BCUT2D eigenvalue weighted by Crippen LogP contribution is -2.07. The van der Waals surface area contributed by atoms with Crippen molar-refractivity contribution < 1.29 is 19.4 Å². The van der Waals surface area contributed by atoms with Crippen molar-refractivity contribution in [2.75, 3.05) is 11.9 Å². The predicted molar refractivity (Wildman–Crippen MR) is 66.6 cm³/mol. The average Bonchev–Trinajstić information content (AvgIpc) is 2.28. The maximum absolute atomic E-state index is 11.5. The Bertz CT molecular complexity index is 429. The molecule has 0 aromatic heterocycles. The number of phenols is 1. The third-order valence-corrected chi connectivity index (χ3v) is 2.66. The van der Waals surface area contributed by atoms with Crippen LogP contribution in [-0.4, -0.2) is 28.8 Å². The van der Waals surface area contributed by atoms with Gasteiger partial charge in [-0.3, -0.25) is 4.79 Å². The molecule has 1 rings (SSSR count). The molecule has 0 amide bonds. The van der Waals surface area contributed by atoms with E-state index >= 15 is 0 Å². The number of alkyl halides is 1. The van der Waals surface area contributed by atoms with Gasteiger partial charge in [0.05, 0.1) is 17.5 Å². The van der Waals surface area contributed by atoms with E-state index in [1.54, 1.807) is 13.0 Å². The van der Waals surface area contributed by atoms with Crippen LogP contribution in [0, 0.1) is 0 Å². The Hall–Kier alpha value is -1.36. The zero-order valence-electron chi connectivity index (χ0n) is 9.40. The molecule has 0 bridgehead atoms. The molecule has 5 heteroatoms. The number of Topliss-reactive ketones (excluding diaryl/α,β-unsaturated/α-hetero) is 1. The summed E-state index contributed by atoms with van der Waals surface area (Å²) in [6, 6.07) is 4.33. The Kier molecular flexibility index (Phi) is 5.15. The van der Waals surface area contributed by atoms with E-state index in [4.69, 9.17) is 4.74 Å². The first-order chi connectivity index (χ1) is 8.06. The van der Waals surface area contributed by atoms with Crippen LogP contribution in [0.4, 0.5) is 0 Å². The average molecular weight is 301 g/mol. The summed E-state index contributed by atoms with van der Waals surface area (Å²) in [6.45, 7) is 1.97. The molecule has 1 N–H and O–H groups in total. The summed E-state index contributed by atoms with van der Waals surface area (Å²) in [6.07, 6.45) is 0.173. The van der Waals surface area contributed by atoms with Crippen LogP contribution in [0.5, 0.6) is 5.75 Å². The number of rotatable bonds is 5. The molecule has 0 saturated heterocycles. The Balaban J connectivity index is 2.93. The van der Waals surface area contributed by atoms with Gasteiger partial charge in [-0.25, -0.2) is 4.79 Å². The van der Waals surface area contributed by atoms with Gasteiger partial charge in [0.1, 0.15) is 11.5 Å². The smallest absolute Gasteiger partial charge is 0.338 e. The van der Waals surface area contributed by atoms with E-state index in [2.05, 4.69) is 15.9 Å². The van der Waals surface area contributed by atoms with Gasteiger partial charge in [0, 0.05) is 6.42 Å². The minimum absolute atomic E-state index is 0.0228. The highest BCUT2D eigenvalue weighted by molar-refractivity contribution is 9.09. The summed E-state index contributed by atoms with van der Waals surface area (Å²) in [7, 11) is 0. The standard InChI is InChI=1S/C12H13BrO4/c1-2-17-12(16)9-3-8(4-10(14)6-9)5-11(15)7-13/h3-4,6,14H,2,5,7H2,1H3. The van der Waals surface area contributed by atoms with Crippen molar-refractivity contribution in [1.82, 2.24) is 0 Å². The summed E-state index contributed by atoms with van der Waals surface area (Å²) in [5.74, 6) is -0.575. The highest BCUT2D eigenvalue weighted by Gasteiger charge is 2.11. The summed E-state index contributed by atoms with van der Waals surface area (Å²) in [5, 5.41) is 9.71. The lowest BCUT2D eigenvalue weighted by atomic mass is 10.1. The molecule has 0 aliphatic heterocycles. The van der Waals surface area contributed by atoms with Crippen LogP contribution in [0.15, 0.2) is 18.2 Å². The Morgan fingerprint density at radius 3 is 2.65 bits per heavy atom. The van der Waals surface area contributed by atoms with Gasteiger partial charge >= 0.3 is 5.97 Å². The fourth-order valence-electron chi connectivity index (χ4n) is 1.38. The molecule has 4 nitrogen and oxygen atoms in total. The molecule has 1 aromatic rings. The van der Waals surface area contributed by atoms with E-state index in [1.807, 2.05) is 0 Å². The molecule has 0 aliphatic rings. The number of carbonyl (C=O) groups is 2. The van der Waals surface area contributed by atoms with E-state index in [-0.39, 0.29) is 35.5 Å². The van der Waals surface area contributed by atoms with Crippen molar-refractivity contribution in [1.29, 1.82) is 0 Å². The van der Waals surface area contributed by atoms with Crippen LogP contribution in [0.25, 0.3) is 0 Å². The minimum Gasteiger partial charge on any atom is -0.508 e. The number of phenolic OH excluding ortho intramolecular Hbond substituents is 1. The lowest BCUT2D eigenvalue weighted by molar-refractivity contribution is -0.115. The first-order valence-corrected chi connectivity index (χ1v) is 6.26. The molecule has 92 valence electrons. The van der Waals surface area contributed by atoms with Crippen molar-refractivity contribution in [3.63, 3.8) is 0 Å². The van der Waals surface area contributed by atoms with Crippen molar-refractivity contribution >= 4 is 27.7 Å². The van der Waals surface area contributed by atoms with Crippen molar-refractivity contribution in [2.24, 2.45) is 0 Å². The van der Waals surface area contributed by atoms with Gasteiger partial charge < -0.3 is 9.84 Å². The van der Waals surface area contributed by atoms with Crippen LogP contribution in [0.1, 0.15) is 22.8 Å². The summed E-state index contributed by atoms with van der Waals surface area (Å²) < 4.78 is 4.82. The molecule has 0 spiro atoms. The van der Waals surface area contributed by atoms with Gasteiger partial charge in [-0.1, -0.05) is 15.9 Å². The third-order valence-electron chi connectivity index (χ3n) is 2.04. The number of halogens is 1. The first-order valence-electron chi connectivity index (χ1n) is 5.14. The number of ketones is 1. The number of ether oxygens (including phenoxy) is 1. The van der Waals surface area contributed by atoms with E-state index < -0.39 is 5.97 Å². The predicted octanol–water partition coefficient (Wildman–Crippen LogP) is 2.08. The number of benzene rings is 1. The fourth-order valence-corrected chi connectivity index (χ4v) is 1.58. The number of hydrogen-bond donors (Lipinski definition) is 1. The lowest BCUT2D eigenvalue weighted by Gasteiger charge is -2.05. The zero-order valence-corrected chi connectivity index (χ0v) is 11.0. The molecular weight excluding hydrogens is 288 g/mol. The first kappa shape index (κ1) is 13.7. The second kappa shape index (κ2) is 6.39. The molecule has 0 saturated carbocycles. The molecule has 17 heavy (non-hydrogen) atoms. The highest BCUT2D eigenvalue weighted by atomic mass is 79.9. The van der Waals surface area contributed by atoms with Crippen LogP contribution >= 0.6 is 15.9 Å². The largest absolute Gasteiger partial charge is 0.508 e. The highest BCUT2D eigenvalue weighted by Crippen LogP contribution is 2.17. The van der Waals surface area contributed by atoms with Gasteiger partial charge in [-0.15, -0.1) is 0 Å². The SMILES string of the molecule is CCOC(=O)c1cc(O)cc(CC(=O)CBr)c1. The summed E-state index contributed by atoms with van der Waals surface area (Å²) >= 11 is 3.06. The maximum atomic E-state index is 11.5. The number of esters is 1. The van der Waals surface area contributed by atoms with Crippen LogP contribution < -0.4 is 0 Å². The number of hydrogen-bond acceptors (Lipinski definition) is 4. The minimum atomic E-state index is -0.504. The Morgan fingerprint density at radius 1 is 1.35 bits per heavy atom. The Labute approximate surface area is 108 Å². The van der Waals surface area contributed by atoms with Gasteiger partial charge in [0.2, 0.25) is 0 Å². The summed E-state index contributed by atoms with van der Waals surface area (Å²) in [5.41, 5.74) is 0.849. The van der Waals surface area contributed by atoms with E-state index in [0.717, 1.165) is 0 Å². The van der Waals surface area contributed by atoms with Gasteiger partial charge in [0.15, 0.2) is 0 Å². The quantitative estimate of drug-likeness (QED) is 0.668. The second-order valence-electron chi connectivity index (χ2n) is 3.46. The van der Waals surface area contributed by atoms with Crippen LogP contribution in [0.3, 0.4) is 0 Å². The van der Waals surface area contributed by atoms with Crippen molar-refractivity contribution in [2.45, 2.75) is 13.3 Å². The number of aromatic hydroxyl groups is 1. The molecule has 0 unspecified atom stereocenters. The fraction of sp³-hybridized carbons (Fsp3) is 0.333. The molecule has 0 aliphatic carbocycles. The molecule has 1 aromatic carbocycles. The van der Waals surface area contributed by atoms with Gasteiger partial charge in [0.25, 0.3) is 0 Å². The monoisotopic (exact) mass is 300 g/mol. The number of carbonyl (C=O) groups excluding carboxylic acids is 2. The van der Waals surface area contributed by atoms with Gasteiger partial charge in [-0.2, -0.15) is 0 Å². The van der Waals surface area contributed by atoms with E-state index in [9.17, 15) is 14.7 Å². The maximum Gasteiger partial charge on any atom is 0.338 e. The van der Waals surface area contributed by atoms with Crippen LogP contribution in [-0.2, 0) is 16.0 Å². The van der Waals surface area contributed by atoms with E-state index in [0.29, 0.717) is 5.56 Å². The topological polar surface area (TPSA) is 63.6 Å².